The normalized spacial score (nSPS) is 11.5. The molecule has 2 aromatic carbocycles. The molecule has 1 heterocycles. The number of hydrogen-bond donors (Lipinski definition) is 1. The van der Waals surface area contributed by atoms with Crippen LogP contribution in [0.15, 0.2) is 57.8 Å². The molecule has 0 atom stereocenters. The first-order valence-corrected chi connectivity index (χ1v) is 12.7. The number of nitrogens with zero attached hydrogens (tertiary/aromatic N) is 3. The van der Waals surface area contributed by atoms with Crippen molar-refractivity contribution in [2.45, 2.75) is 44.4 Å². The van der Waals surface area contributed by atoms with Crippen LogP contribution in [0.1, 0.15) is 49.9 Å². The second-order valence-electron chi connectivity index (χ2n) is 7.70. The van der Waals surface area contributed by atoms with Crippen molar-refractivity contribution in [3.63, 3.8) is 0 Å². The Kier molecular flexibility index (Phi) is 8.78. The first kappa shape index (κ1) is 25.4. The highest BCUT2D eigenvalue weighted by Crippen LogP contribution is 2.29. The SMILES string of the molecule is CCCCN(CCCC)S(=O)(=O)c1ccc(C(=O)Nc2nnc(-c3ccccc3OC)o2)cc1. The first-order chi connectivity index (χ1) is 16.4. The van der Waals surface area contributed by atoms with Gasteiger partial charge in [0.2, 0.25) is 10.0 Å². The quantitative estimate of drug-likeness (QED) is 0.398. The van der Waals surface area contributed by atoms with E-state index in [4.69, 9.17) is 9.15 Å². The topological polar surface area (TPSA) is 115 Å². The van der Waals surface area contributed by atoms with Crippen molar-refractivity contribution >= 4 is 21.9 Å². The van der Waals surface area contributed by atoms with Crippen LogP contribution in [0.25, 0.3) is 11.5 Å². The van der Waals surface area contributed by atoms with Gasteiger partial charge in [-0.1, -0.05) is 43.9 Å². The van der Waals surface area contributed by atoms with Gasteiger partial charge in [0.05, 0.1) is 17.6 Å². The fourth-order valence-electron chi connectivity index (χ4n) is 3.32. The van der Waals surface area contributed by atoms with Crippen molar-refractivity contribution in [1.82, 2.24) is 14.5 Å². The lowest BCUT2D eigenvalue weighted by Crippen LogP contribution is -2.33. The van der Waals surface area contributed by atoms with Crippen molar-refractivity contribution in [3.05, 3.63) is 54.1 Å². The molecule has 9 nitrogen and oxygen atoms in total. The summed E-state index contributed by atoms with van der Waals surface area (Å²) in [4.78, 5) is 12.8. The molecular weight excluding hydrogens is 456 g/mol. The molecule has 0 spiro atoms. The number of nitrogens with one attached hydrogen (secondary N) is 1. The summed E-state index contributed by atoms with van der Waals surface area (Å²) in [6.45, 7) is 5.01. The molecule has 1 N–H and O–H groups in total. The Morgan fingerprint density at radius 2 is 1.65 bits per heavy atom. The predicted molar refractivity (Wildman–Crippen MR) is 129 cm³/mol. The molecule has 182 valence electrons. The number of rotatable bonds is 12. The third-order valence-corrected chi connectivity index (χ3v) is 7.17. The molecule has 10 heteroatoms. The van der Waals surface area contributed by atoms with Crippen molar-refractivity contribution in [2.24, 2.45) is 0 Å². The summed E-state index contributed by atoms with van der Waals surface area (Å²) in [6.07, 6.45) is 3.41. The second-order valence-corrected chi connectivity index (χ2v) is 9.64. The Labute approximate surface area is 200 Å². The predicted octanol–water partition coefficient (Wildman–Crippen LogP) is 4.59. The van der Waals surface area contributed by atoms with Gasteiger partial charge in [0.15, 0.2) is 0 Å². The summed E-state index contributed by atoms with van der Waals surface area (Å²) in [5.74, 6) is 0.272. The van der Waals surface area contributed by atoms with Gasteiger partial charge < -0.3 is 9.15 Å². The van der Waals surface area contributed by atoms with E-state index in [0.29, 0.717) is 24.4 Å². The zero-order chi connectivity index (χ0) is 24.6. The van der Waals surface area contributed by atoms with E-state index in [-0.39, 0.29) is 22.4 Å². The summed E-state index contributed by atoms with van der Waals surface area (Å²) < 4.78 is 38.5. The number of anilines is 1. The largest absolute Gasteiger partial charge is 0.496 e. The van der Waals surface area contributed by atoms with Crippen LogP contribution in [0.3, 0.4) is 0 Å². The van der Waals surface area contributed by atoms with Crippen molar-refractivity contribution in [1.29, 1.82) is 0 Å². The number of para-hydroxylation sites is 1. The Bertz CT molecular complexity index is 1180. The third kappa shape index (κ3) is 6.00. The highest BCUT2D eigenvalue weighted by atomic mass is 32.2. The minimum absolute atomic E-state index is 0.0760. The van der Waals surface area contributed by atoms with E-state index < -0.39 is 15.9 Å². The van der Waals surface area contributed by atoms with E-state index in [0.717, 1.165) is 25.7 Å². The Morgan fingerprint density at radius 1 is 1.00 bits per heavy atom. The number of carbonyl (C=O) groups excluding carboxylic acids is 1. The summed E-state index contributed by atoms with van der Waals surface area (Å²) >= 11 is 0. The Hall–Kier alpha value is -3.24. The van der Waals surface area contributed by atoms with Gasteiger partial charge in [0.25, 0.3) is 11.8 Å². The maximum Gasteiger partial charge on any atom is 0.322 e. The average molecular weight is 487 g/mol. The number of ether oxygens (including phenoxy) is 1. The minimum Gasteiger partial charge on any atom is -0.496 e. The van der Waals surface area contributed by atoms with Gasteiger partial charge in [-0.25, -0.2) is 8.42 Å². The number of hydrogen-bond acceptors (Lipinski definition) is 7. The molecule has 0 fully saturated rings. The molecular formula is C24H30N4O5S. The van der Waals surface area contributed by atoms with Crippen molar-refractivity contribution in [3.8, 4) is 17.2 Å². The smallest absolute Gasteiger partial charge is 0.322 e. The van der Waals surface area contributed by atoms with Crippen LogP contribution in [-0.2, 0) is 10.0 Å². The third-order valence-electron chi connectivity index (χ3n) is 5.26. The molecule has 0 aliphatic rings. The molecule has 0 saturated carbocycles. The van der Waals surface area contributed by atoms with Crippen LogP contribution >= 0.6 is 0 Å². The number of amides is 1. The number of sulfonamides is 1. The van der Waals surface area contributed by atoms with Gasteiger partial charge in [-0.2, -0.15) is 4.31 Å². The average Bonchev–Trinajstić information content (AvgIpc) is 3.32. The number of methoxy groups -OCH3 is 1. The van der Waals surface area contributed by atoms with Crippen molar-refractivity contribution in [2.75, 3.05) is 25.5 Å². The fraction of sp³-hybridized carbons (Fsp3) is 0.375. The molecule has 0 unspecified atom stereocenters. The number of benzene rings is 2. The molecule has 0 aliphatic heterocycles. The van der Waals surface area contributed by atoms with E-state index >= 15 is 0 Å². The van der Waals surface area contributed by atoms with E-state index in [1.807, 2.05) is 26.0 Å². The zero-order valence-electron chi connectivity index (χ0n) is 19.7. The minimum atomic E-state index is -3.63. The number of aromatic nitrogens is 2. The standard InChI is InChI=1S/C24H30N4O5S/c1-4-6-16-28(17-7-5-2)34(30,31)19-14-12-18(13-15-19)22(29)25-24-27-26-23(33-24)20-10-8-9-11-21(20)32-3/h8-15H,4-7,16-17H2,1-3H3,(H,25,27,29). The van der Waals surface area contributed by atoms with Crippen LogP contribution in [-0.4, -0.2) is 49.0 Å². The van der Waals surface area contributed by atoms with E-state index in [2.05, 4.69) is 15.5 Å². The molecule has 1 aromatic heterocycles. The summed E-state index contributed by atoms with van der Waals surface area (Å²) in [6, 6.07) is 12.9. The maximum absolute atomic E-state index is 13.1. The van der Waals surface area contributed by atoms with Crippen LogP contribution in [0.4, 0.5) is 6.01 Å². The first-order valence-electron chi connectivity index (χ1n) is 11.3. The van der Waals surface area contributed by atoms with Crippen LogP contribution < -0.4 is 10.1 Å². The molecule has 3 aromatic rings. The number of carbonyl (C=O) groups is 1. The lowest BCUT2D eigenvalue weighted by atomic mass is 10.2. The lowest BCUT2D eigenvalue weighted by Gasteiger charge is -2.22. The molecule has 0 bridgehead atoms. The summed E-state index contributed by atoms with van der Waals surface area (Å²) in [5, 5.41) is 10.4. The Morgan fingerprint density at radius 3 is 2.26 bits per heavy atom. The van der Waals surface area contributed by atoms with Gasteiger partial charge in [-0.3, -0.25) is 10.1 Å². The molecule has 34 heavy (non-hydrogen) atoms. The highest BCUT2D eigenvalue weighted by Gasteiger charge is 2.24. The van der Waals surface area contributed by atoms with Gasteiger partial charge in [0.1, 0.15) is 5.75 Å². The van der Waals surface area contributed by atoms with Gasteiger partial charge in [0, 0.05) is 18.7 Å². The molecule has 1 amide bonds. The lowest BCUT2D eigenvalue weighted by molar-refractivity contribution is 0.102. The monoisotopic (exact) mass is 486 g/mol. The van der Waals surface area contributed by atoms with Crippen LogP contribution in [0.5, 0.6) is 5.75 Å². The van der Waals surface area contributed by atoms with E-state index in [1.165, 1.54) is 35.7 Å². The fourth-order valence-corrected chi connectivity index (χ4v) is 4.84. The highest BCUT2D eigenvalue weighted by molar-refractivity contribution is 7.89. The summed E-state index contributed by atoms with van der Waals surface area (Å²) in [5.41, 5.74) is 0.868. The zero-order valence-corrected chi connectivity index (χ0v) is 20.5. The molecule has 0 aliphatic carbocycles. The number of unbranched alkanes of at least 4 members (excludes halogenated alkanes) is 2. The maximum atomic E-state index is 13.1. The molecule has 3 rings (SSSR count). The summed E-state index contributed by atoms with van der Waals surface area (Å²) in [7, 11) is -2.10. The van der Waals surface area contributed by atoms with Gasteiger partial charge in [-0.15, -0.1) is 5.10 Å². The van der Waals surface area contributed by atoms with Gasteiger partial charge >= 0.3 is 6.01 Å². The van der Waals surface area contributed by atoms with Crippen LogP contribution in [0, 0.1) is 0 Å². The Balaban J connectivity index is 1.72. The van der Waals surface area contributed by atoms with Crippen LogP contribution in [0.2, 0.25) is 0 Å². The molecule has 0 saturated heterocycles. The van der Waals surface area contributed by atoms with Gasteiger partial charge in [-0.05, 0) is 49.2 Å². The molecule has 0 radical (unpaired) electrons. The van der Waals surface area contributed by atoms with E-state index in [1.54, 1.807) is 12.1 Å². The van der Waals surface area contributed by atoms with Crippen molar-refractivity contribution < 1.29 is 22.4 Å². The van der Waals surface area contributed by atoms with E-state index in [9.17, 15) is 13.2 Å². The second kappa shape index (κ2) is 11.8.